The zero-order valence-electron chi connectivity index (χ0n) is 16.3. The van der Waals surface area contributed by atoms with E-state index in [1.165, 1.54) is 42.5 Å². The fraction of sp³-hybridized carbons (Fsp3) is 0.0476. The zero-order chi connectivity index (χ0) is 24.4. The first-order chi connectivity index (χ1) is 15.4. The van der Waals surface area contributed by atoms with Gasteiger partial charge in [0.2, 0.25) is 0 Å². The third-order valence-electron chi connectivity index (χ3n) is 4.38. The lowest BCUT2D eigenvalue weighted by Crippen LogP contribution is -2.18. The van der Waals surface area contributed by atoms with Crippen LogP contribution in [-0.2, 0) is 16.3 Å². The summed E-state index contributed by atoms with van der Waals surface area (Å²) < 4.78 is 72.7. The zero-order valence-corrected chi connectivity index (χ0v) is 18.6. The molecule has 33 heavy (non-hydrogen) atoms. The Balaban J connectivity index is 2.02. The Morgan fingerprint density at radius 3 is 2.36 bits per heavy atom. The molecule has 0 atom stereocenters. The molecule has 0 fully saturated rings. The van der Waals surface area contributed by atoms with Crippen LogP contribution in [0.4, 0.5) is 13.2 Å². The van der Waals surface area contributed by atoms with Gasteiger partial charge in [-0.25, -0.2) is 5.43 Å². The fourth-order valence-corrected chi connectivity index (χ4v) is 3.95. The number of rotatable bonds is 5. The molecule has 1 amide bonds. The van der Waals surface area contributed by atoms with Gasteiger partial charge in [0.25, 0.3) is 16.0 Å². The van der Waals surface area contributed by atoms with E-state index in [1.54, 1.807) is 0 Å². The second kappa shape index (κ2) is 9.52. The van der Waals surface area contributed by atoms with E-state index in [2.05, 4.69) is 10.5 Å². The standard InChI is InChI=1S/C21H13Cl2F3N2O4S/c22-14-6-7-18(23)17(10-14)20(29)28-27-11-12-3-1-2-4-15(12)16-9-13(21(24,25)26)5-8-19(16)33(30,31)32/h1-11H,(H,28,29)(H,30,31,32)/b27-11+. The third-order valence-corrected chi connectivity index (χ3v) is 5.86. The number of carbonyl (C=O) groups excluding carboxylic acids is 1. The summed E-state index contributed by atoms with van der Waals surface area (Å²) in [6, 6.07) is 11.8. The Hall–Kier alpha value is -2.92. The maximum absolute atomic E-state index is 13.2. The summed E-state index contributed by atoms with van der Waals surface area (Å²) in [7, 11) is -4.85. The second-order valence-electron chi connectivity index (χ2n) is 6.59. The minimum Gasteiger partial charge on any atom is -0.282 e. The Kier molecular flexibility index (Phi) is 7.13. The van der Waals surface area contributed by atoms with Crippen molar-refractivity contribution in [3.8, 4) is 11.1 Å². The van der Waals surface area contributed by atoms with Gasteiger partial charge in [-0.3, -0.25) is 9.35 Å². The molecule has 12 heteroatoms. The first kappa shape index (κ1) is 24.7. The molecule has 2 N–H and O–H groups in total. The van der Waals surface area contributed by atoms with Gasteiger partial charge in [-0.2, -0.15) is 26.7 Å². The highest BCUT2D eigenvalue weighted by Gasteiger charge is 2.32. The van der Waals surface area contributed by atoms with E-state index < -0.39 is 38.2 Å². The van der Waals surface area contributed by atoms with Crippen molar-refractivity contribution >= 4 is 45.4 Å². The van der Waals surface area contributed by atoms with E-state index in [0.717, 1.165) is 6.21 Å². The van der Waals surface area contributed by atoms with Crippen molar-refractivity contribution in [2.75, 3.05) is 0 Å². The summed E-state index contributed by atoms with van der Waals surface area (Å²) in [5.41, 5.74) is 0.945. The van der Waals surface area contributed by atoms with Crippen LogP contribution in [0.5, 0.6) is 0 Å². The molecule has 0 aromatic heterocycles. The first-order valence-corrected chi connectivity index (χ1v) is 11.1. The molecule has 0 heterocycles. The van der Waals surface area contributed by atoms with Crippen LogP contribution in [0.25, 0.3) is 11.1 Å². The van der Waals surface area contributed by atoms with Crippen molar-refractivity contribution < 1.29 is 30.9 Å². The average Bonchev–Trinajstić information content (AvgIpc) is 2.74. The first-order valence-electron chi connectivity index (χ1n) is 8.94. The molecular formula is C21H13Cl2F3N2O4S. The SMILES string of the molecule is O=C(N/N=C/c1ccccc1-c1cc(C(F)(F)F)ccc1S(=O)(=O)O)c1cc(Cl)ccc1Cl. The number of carbonyl (C=O) groups is 1. The number of halogens is 5. The van der Waals surface area contributed by atoms with Gasteiger partial charge >= 0.3 is 6.18 Å². The largest absolute Gasteiger partial charge is 0.416 e. The minimum absolute atomic E-state index is 0.0232. The molecule has 3 aromatic rings. The lowest BCUT2D eigenvalue weighted by molar-refractivity contribution is -0.137. The average molecular weight is 517 g/mol. The van der Waals surface area contributed by atoms with E-state index in [9.17, 15) is 30.9 Å². The predicted molar refractivity (Wildman–Crippen MR) is 118 cm³/mol. The molecule has 0 saturated heterocycles. The molecule has 0 aliphatic carbocycles. The molecule has 3 aromatic carbocycles. The van der Waals surface area contributed by atoms with E-state index in [4.69, 9.17) is 23.2 Å². The van der Waals surface area contributed by atoms with E-state index >= 15 is 0 Å². The van der Waals surface area contributed by atoms with Gasteiger partial charge < -0.3 is 0 Å². The van der Waals surface area contributed by atoms with Crippen LogP contribution in [0.3, 0.4) is 0 Å². The van der Waals surface area contributed by atoms with Crippen LogP contribution >= 0.6 is 23.2 Å². The molecule has 172 valence electrons. The molecule has 0 spiro atoms. The van der Waals surface area contributed by atoms with Crippen molar-refractivity contribution in [3.63, 3.8) is 0 Å². The van der Waals surface area contributed by atoms with Gasteiger partial charge in [0.1, 0.15) is 4.90 Å². The molecule has 0 saturated carbocycles. The van der Waals surface area contributed by atoms with Crippen molar-refractivity contribution in [2.24, 2.45) is 5.10 Å². The number of nitrogens with zero attached hydrogens (tertiary/aromatic N) is 1. The van der Waals surface area contributed by atoms with Crippen LogP contribution in [0, 0.1) is 0 Å². The van der Waals surface area contributed by atoms with Crippen LogP contribution in [0.1, 0.15) is 21.5 Å². The molecule has 0 radical (unpaired) electrons. The summed E-state index contributed by atoms with van der Waals surface area (Å²) in [5, 5.41) is 4.16. The van der Waals surface area contributed by atoms with Crippen LogP contribution in [0.2, 0.25) is 10.0 Å². The number of hydrazone groups is 1. The van der Waals surface area contributed by atoms with Crippen LogP contribution < -0.4 is 5.43 Å². The van der Waals surface area contributed by atoms with Gasteiger partial charge in [-0.05, 0) is 42.0 Å². The lowest BCUT2D eigenvalue weighted by atomic mass is 9.98. The quantitative estimate of drug-likeness (QED) is 0.258. The summed E-state index contributed by atoms with van der Waals surface area (Å²) in [6.45, 7) is 0. The van der Waals surface area contributed by atoms with Gasteiger partial charge in [-0.1, -0.05) is 47.5 Å². The molecule has 3 rings (SSSR count). The maximum atomic E-state index is 13.2. The van der Waals surface area contributed by atoms with Gasteiger partial charge in [0, 0.05) is 16.1 Å². The number of hydrogen-bond acceptors (Lipinski definition) is 4. The van der Waals surface area contributed by atoms with E-state index in [1.807, 2.05) is 0 Å². The van der Waals surface area contributed by atoms with E-state index in [-0.39, 0.29) is 26.7 Å². The topological polar surface area (TPSA) is 95.8 Å². The van der Waals surface area contributed by atoms with Crippen LogP contribution in [0.15, 0.2) is 70.7 Å². The summed E-state index contributed by atoms with van der Waals surface area (Å²) in [5.74, 6) is -0.700. The minimum atomic E-state index is -4.85. The number of amides is 1. The van der Waals surface area contributed by atoms with Gasteiger partial charge in [-0.15, -0.1) is 0 Å². The molecular weight excluding hydrogens is 504 g/mol. The second-order valence-corrected chi connectivity index (χ2v) is 8.83. The van der Waals surface area contributed by atoms with Crippen molar-refractivity contribution in [1.82, 2.24) is 5.43 Å². The Labute approximate surface area is 196 Å². The van der Waals surface area contributed by atoms with Crippen molar-refractivity contribution in [1.29, 1.82) is 0 Å². The normalized spacial score (nSPS) is 12.2. The van der Waals surface area contributed by atoms with Crippen molar-refractivity contribution in [3.05, 3.63) is 87.4 Å². The third kappa shape index (κ3) is 5.91. The molecule has 0 unspecified atom stereocenters. The lowest BCUT2D eigenvalue weighted by Gasteiger charge is -2.14. The number of hydrogen-bond donors (Lipinski definition) is 2. The summed E-state index contributed by atoms with van der Waals surface area (Å²) in [6.07, 6.45) is -3.64. The Bertz CT molecular complexity index is 1360. The number of alkyl halides is 3. The monoisotopic (exact) mass is 516 g/mol. The smallest absolute Gasteiger partial charge is 0.282 e. The molecule has 6 nitrogen and oxygen atoms in total. The number of benzene rings is 3. The highest BCUT2D eigenvalue weighted by atomic mass is 35.5. The Morgan fingerprint density at radius 2 is 1.70 bits per heavy atom. The van der Waals surface area contributed by atoms with Gasteiger partial charge in [0.15, 0.2) is 0 Å². The van der Waals surface area contributed by atoms with Crippen molar-refractivity contribution in [2.45, 2.75) is 11.1 Å². The highest BCUT2D eigenvalue weighted by Crippen LogP contribution is 2.36. The predicted octanol–water partition coefficient (Wildman–Crippen LogP) is 5.69. The fourth-order valence-electron chi connectivity index (χ4n) is 2.89. The molecule has 0 bridgehead atoms. The van der Waals surface area contributed by atoms with Gasteiger partial charge in [0.05, 0.1) is 22.4 Å². The molecule has 0 aliphatic heterocycles. The molecule has 0 aliphatic rings. The number of nitrogens with one attached hydrogen (secondary N) is 1. The Morgan fingerprint density at radius 1 is 1.00 bits per heavy atom. The summed E-state index contributed by atoms with van der Waals surface area (Å²) in [4.78, 5) is 11.6. The summed E-state index contributed by atoms with van der Waals surface area (Å²) >= 11 is 11.8. The van der Waals surface area contributed by atoms with E-state index in [0.29, 0.717) is 18.2 Å². The maximum Gasteiger partial charge on any atom is 0.416 e. The highest BCUT2D eigenvalue weighted by molar-refractivity contribution is 7.86. The van der Waals surface area contributed by atoms with Crippen LogP contribution in [-0.4, -0.2) is 25.1 Å².